The van der Waals surface area contributed by atoms with Crippen LogP contribution in [0, 0.1) is 12.7 Å². The monoisotopic (exact) mass is 363 g/mol. The Hall–Kier alpha value is -2.80. The molecule has 5 nitrogen and oxygen atoms in total. The third kappa shape index (κ3) is 2.64. The van der Waals surface area contributed by atoms with Crippen molar-refractivity contribution < 1.29 is 4.39 Å². The molecule has 0 saturated heterocycles. The highest BCUT2D eigenvalue weighted by Gasteiger charge is 2.40. The lowest BCUT2D eigenvalue weighted by atomic mass is 10.1. The van der Waals surface area contributed by atoms with Gasteiger partial charge in [0.2, 0.25) is 0 Å². The Kier molecular flexibility index (Phi) is 3.49. The van der Waals surface area contributed by atoms with Crippen LogP contribution in [0.25, 0.3) is 21.9 Å². The summed E-state index contributed by atoms with van der Waals surface area (Å²) in [6, 6.07) is 5.45. The zero-order valence-corrected chi connectivity index (χ0v) is 14.7. The minimum absolute atomic E-state index is 0.236. The fraction of sp³-hybridized carbons (Fsp3) is 0.211. The number of nitrogens with zero attached hydrogens (tertiary/aromatic N) is 5. The van der Waals surface area contributed by atoms with E-state index < -0.39 is 0 Å². The SMILES string of the molecule is Cc1nc2c(F)cc([C@@H]3C[C@H]3c3cnc(-c4ncccn4)nc3)cc2s1. The maximum Gasteiger partial charge on any atom is 0.197 e. The molecule has 0 bridgehead atoms. The largest absolute Gasteiger partial charge is 0.238 e. The van der Waals surface area contributed by atoms with Crippen LogP contribution in [0.2, 0.25) is 0 Å². The van der Waals surface area contributed by atoms with Gasteiger partial charge >= 0.3 is 0 Å². The fourth-order valence-corrected chi connectivity index (χ4v) is 4.21. The average molecular weight is 363 g/mol. The molecule has 1 fully saturated rings. The van der Waals surface area contributed by atoms with Gasteiger partial charge in [-0.15, -0.1) is 11.3 Å². The summed E-state index contributed by atoms with van der Waals surface area (Å²) in [7, 11) is 0. The molecule has 3 aromatic heterocycles. The van der Waals surface area contributed by atoms with Crippen LogP contribution in [0.4, 0.5) is 4.39 Å². The second kappa shape index (κ2) is 5.88. The molecular weight excluding hydrogens is 349 g/mol. The Morgan fingerprint density at radius 2 is 1.65 bits per heavy atom. The third-order valence-electron chi connectivity index (χ3n) is 4.66. The Morgan fingerprint density at radius 3 is 2.42 bits per heavy atom. The highest BCUT2D eigenvalue weighted by Crippen LogP contribution is 2.55. The molecule has 0 N–H and O–H groups in total. The molecule has 5 rings (SSSR count). The topological polar surface area (TPSA) is 64.5 Å². The van der Waals surface area contributed by atoms with Gasteiger partial charge in [-0.3, -0.25) is 0 Å². The first-order chi connectivity index (χ1) is 12.7. The van der Waals surface area contributed by atoms with Crippen LogP contribution in [0.15, 0.2) is 43.0 Å². The van der Waals surface area contributed by atoms with Crippen molar-refractivity contribution in [1.82, 2.24) is 24.9 Å². The maximum absolute atomic E-state index is 14.3. The Morgan fingerprint density at radius 1 is 0.962 bits per heavy atom. The zero-order chi connectivity index (χ0) is 17.7. The number of hydrogen-bond acceptors (Lipinski definition) is 6. The maximum atomic E-state index is 14.3. The third-order valence-corrected chi connectivity index (χ3v) is 5.58. The Labute approximate surface area is 153 Å². The van der Waals surface area contributed by atoms with Gasteiger partial charge in [-0.25, -0.2) is 29.3 Å². The van der Waals surface area contributed by atoms with Gasteiger partial charge < -0.3 is 0 Å². The number of hydrogen-bond donors (Lipinski definition) is 0. The Bertz CT molecular complexity index is 1090. The van der Waals surface area contributed by atoms with E-state index in [2.05, 4.69) is 31.0 Å². The molecule has 128 valence electrons. The minimum Gasteiger partial charge on any atom is -0.238 e. The second-order valence-corrected chi connectivity index (χ2v) is 7.68. The molecule has 0 radical (unpaired) electrons. The van der Waals surface area contributed by atoms with Gasteiger partial charge in [0.1, 0.15) is 5.52 Å². The molecule has 0 aliphatic heterocycles. The lowest BCUT2D eigenvalue weighted by molar-refractivity contribution is 0.635. The quantitative estimate of drug-likeness (QED) is 0.544. The van der Waals surface area contributed by atoms with Crippen LogP contribution >= 0.6 is 11.3 Å². The number of aryl methyl sites for hydroxylation is 1. The van der Waals surface area contributed by atoms with Crippen LogP contribution in [0.5, 0.6) is 0 Å². The van der Waals surface area contributed by atoms with Crippen molar-refractivity contribution in [3.8, 4) is 11.6 Å². The van der Waals surface area contributed by atoms with Gasteiger partial charge in [-0.05, 0) is 54.5 Å². The van der Waals surface area contributed by atoms with Gasteiger partial charge in [-0.1, -0.05) is 0 Å². The first-order valence-electron chi connectivity index (χ1n) is 8.35. The number of aromatic nitrogens is 5. The summed E-state index contributed by atoms with van der Waals surface area (Å²) in [5.41, 5.74) is 2.57. The van der Waals surface area contributed by atoms with Crippen molar-refractivity contribution in [1.29, 1.82) is 0 Å². The van der Waals surface area contributed by atoms with Crippen molar-refractivity contribution in [2.75, 3.05) is 0 Å². The number of thiazole rings is 1. The van der Waals surface area contributed by atoms with E-state index in [1.54, 1.807) is 24.5 Å². The van der Waals surface area contributed by atoms with E-state index in [9.17, 15) is 4.39 Å². The summed E-state index contributed by atoms with van der Waals surface area (Å²) in [6.45, 7) is 1.90. The van der Waals surface area contributed by atoms with Gasteiger partial charge in [0, 0.05) is 24.8 Å². The predicted molar refractivity (Wildman–Crippen MR) is 97.5 cm³/mol. The van der Waals surface area contributed by atoms with E-state index in [0.29, 0.717) is 29.0 Å². The molecule has 26 heavy (non-hydrogen) atoms. The number of benzene rings is 1. The van der Waals surface area contributed by atoms with Crippen LogP contribution < -0.4 is 0 Å². The van der Waals surface area contributed by atoms with E-state index in [1.165, 1.54) is 11.3 Å². The standard InChI is InChI=1S/C19H14FN5S/c1-10-25-17-15(20)5-11(6-16(17)26-10)13-7-14(13)12-8-23-19(24-9-12)18-21-3-2-4-22-18/h2-6,8-9,13-14H,7H2,1H3/t13-,14-/m0/s1. The molecule has 1 aliphatic rings. The van der Waals surface area contributed by atoms with Crippen molar-refractivity contribution >= 4 is 21.6 Å². The van der Waals surface area contributed by atoms with Crippen molar-refractivity contribution in [3.63, 3.8) is 0 Å². The van der Waals surface area contributed by atoms with Crippen LogP contribution in [0.3, 0.4) is 0 Å². The molecule has 0 spiro atoms. The fourth-order valence-electron chi connectivity index (χ4n) is 3.32. The average Bonchev–Trinajstić information content (AvgIpc) is 3.37. The highest BCUT2D eigenvalue weighted by atomic mass is 32.1. The van der Waals surface area contributed by atoms with Crippen LogP contribution in [-0.2, 0) is 0 Å². The zero-order valence-electron chi connectivity index (χ0n) is 13.9. The van der Waals surface area contributed by atoms with Crippen LogP contribution in [-0.4, -0.2) is 24.9 Å². The number of halogens is 1. The Balaban J connectivity index is 1.40. The predicted octanol–water partition coefficient (Wildman–Crippen LogP) is 4.26. The van der Waals surface area contributed by atoms with Crippen molar-refractivity contribution in [2.24, 2.45) is 0 Å². The number of rotatable bonds is 3. The van der Waals surface area contributed by atoms with Gasteiger partial charge in [0.25, 0.3) is 0 Å². The normalized spacial score (nSPS) is 19.0. The summed E-state index contributed by atoms with van der Waals surface area (Å²) in [4.78, 5) is 21.4. The second-order valence-electron chi connectivity index (χ2n) is 6.44. The first kappa shape index (κ1) is 15.5. The molecule has 1 saturated carbocycles. The van der Waals surface area contributed by atoms with Crippen molar-refractivity contribution in [3.05, 3.63) is 64.9 Å². The molecule has 0 amide bonds. The highest BCUT2D eigenvalue weighted by molar-refractivity contribution is 7.18. The van der Waals surface area contributed by atoms with Crippen LogP contribution in [0.1, 0.15) is 34.4 Å². The molecule has 3 heterocycles. The summed E-state index contributed by atoms with van der Waals surface area (Å²) >= 11 is 1.53. The minimum atomic E-state index is -0.236. The van der Waals surface area contributed by atoms with E-state index in [1.807, 2.05) is 19.3 Å². The lowest BCUT2D eigenvalue weighted by Gasteiger charge is -2.03. The molecule has 2 atom stereocenters. The van der Waals surface area contributed by atoms with Gasteiger partial charge in [0.05, 0.1) is 9.71 Å². The first-order valence-corrected chi connectivity index (χ1v) is 9.16. The molecule has 0 unspecified atom stereocenters. The van der Waals surface area contributed by atoms with E-state index in [-0.39, 0.29) is 5.82 Å². The smallest absolute Gasteiger partial charge is 0.197 e. The molecule has 4 aromatic rings. The van der Waals surface area contributed by atoms with E-state index >= 15 is 0 Å². The molecule has 7 heteroatoms. The summed E-state index contributed by atoms with van der Waals surface area (Å²) < 4.78 is 15.2. The van der Waals surface area contributed by atoms with Gasteiger partial charge in [0.15, 0.2) is 17.5 Å². The summed E-state index contributed by atoms with van der Waals surface area (Å²) in [6.07, 6.45) is 7.97. The molecule has 1 aromatic carbocycles. The van der Waals surface area contributed by atoms with E-state index in [4.69, 9.17) is 0 Å². The lowest BCUT2D eigenvalue weighted by Crippen LogP contribution is -1.96. The van der Waals surface area contributed by atoms with Crippen molar-refractivity contribution in [2.45, 2.75) is 25.2 Å². The summed E-state index contributed by atoms with van der Waals surface area (Å²) in [5, 5.41) is 0.885. The number of fused-ring (bicyclic) bond motifs is 1. The molecule has 1 aliphatic carbocycles. The molecular formula is C19H14FN5S. The van der Waals surface area contributed by atoms with Gasteiger partial charge in [-0.2, -0.15) is 0 Å². The summed E-state index contributed by atoms with van der Waals surface area (Å²) in [5.74, 6) is 1.42. The van der Waals surface area contributed by atoms with E-state index in [0.717, 1.165) is 27.3 Å².